The van der Waals surface area contributed by atoms with Crippen LogP contribution in [0.2, 0.25) is 0 Å². The third kappa shape index (κ3) is 3.66. The molecule has 2 saturated heterocycles. The van der Waals surface area contributed by atoms with Crippen LogP contribution in [-0.4, -0.2) is 49.9 Å². The summed E-state index contributed by atoms with van der Waals surface area (Å²) >= 11 is 0. The lowest BCUT2D eigenvalue weighted by Gasteiger charge is -2.29. The van der Waals surface area contributed by atoms with Gasteiger partial charge in [0.15, 0.2) is 5.82 Å². The van der Waals surface area contributed by atoms with Crippen LogP contribution >= 0.6 is 0 Å². The molecule has 5 heterocycles. The average molecular weight is 459 g/mol. The number of rotatable bonds is 6. The van der Waals surface area contributed by atoms with Crippen LogP contribution in [0.25, 0.3) is 22.2 Å². The number of nitrogens with one attached hydrogen (secondary N) is 2. The minimum Gasteiger partial charge on any atom is -0.364 e. The monoisotopic (exact) mass is 458 g/mol. The van der Waals surface area contributed by atoms with Gasteiger partial charge in [-0.05, 0) is 37.1 Å². The van der Waals surface area contributed by atoms with Crippen LogP contribution in [0.5, 0.6) is 0 Å². The molecule has 4 aromatic rings. The van der Waals surface area contributed by atoms with E-state index in [2.05, 4.69) is 48.6 Å². The van der Waals surface area contributed by atoms with E-state index in [9.17, 15) is 4.39 Å². The summed E-state index contributed by atoms with van der Waals surface area (Å²) in [6.07, 6.45) is 6.19. The van der Waals surface area contributed by atoms with Crippen molar-refractivity contribution in [2.75, 3.05) is 23.3 Å². The van der Waals surface area contributed by atoms with E-state index in [-0.39, 0.29) is 5.69 Å². The van der Waals surface area contributed by atoms with Gasteiger partial charge in [-0.3, -0.25) is 4.68 Å². The summed E-state index contributed by atoms with van der Waals surface area (Å²) in [6, 6.07) is 10.8. The van der Waals surface area contributed by atoms with Gasteiger partial charge in [-0.15, -0.1) is 0 Å². The van der Waals surface area contributed by atoms with Gasteiger partial charge in [0, 0.05) is 48.9 Å². The van der Waals surface area contributed by atoms with Gasteiger partial charge in [0.25, 0.3) is 0 Å². The first kappa shape index (κ1) is 21.0. The predicted molar refractivity (Wildman–Crippen MR) is 131 cm³/mol. The Morgan fingerprint density at radius 1 is 1.18 bits per heavy atom. The molecule has 0 aliphatic carbocycles. The van der Waals surface area contributed by atoms with Crippen molar-refractivity contribution >= 4 is 28.4 Å². The molecule has 1 aromatic carbocycles. The molecular weight excluding hydrogens is 431 g/mol. The molecule has 8 nitrogen and oxygen atoms in total. The minimum absolute atomic E-state index is 0.253. The molecule has 0 saturated carbocycles. The van der Waals surface area contributed by atoms with Crippen molar-refractivity contribution in [3.63, 3.8) is 0 Å². The number of anilines is 3. The van der Waals surface area contributed by atoms with Gasteiger partial charge in [-0.2, -0.15) is 5.10 Å². The number of aromatic nitrogens is 5. The summed E-state index contributed by atoms with van der Waals surface area (Å²) in [6.45, 7) is 4.18. The summed E-state index contributed by atoms with van der Waals surface area (Å²) in [5.74, 6) is 0.463. The van der Waals surface area contributed by atoms with Crippen molar-refractivity contribution in [3.05, 3.63) is 54.2 Å². The molecule has 0 spiro atoms. The standard InChI is InChI=1S/C25H27FN8/c1-3-4-22-19-9-15(5-7-21(19)32-33(22)2)24-20(26)13-29-25(31-24)30-23-8-6-17(11-28-23)34-14-16-10-18(34)12-27-16/h5-9,11,13,16,18,27H,3-4,10,12,14H2,1-2H3,(H,28,29,30,31)/t16-,18-/m0/s1. The Morgan fingerprint density at radius 2 is 2.09 bits per heavy atom. The topological polar surface area (TPSA) is 83.8 Å². The minimum atomic E-state index is -0.466. The van der Waals surface area contributed by atoms with Gasteiger partial charge in [0.1, 0.15) is 11.5 Å². The van der Waals surface area contributed by atoms with E-state index in [1.165, 1.54) is 12.6 Å². The normalized spacial score (nSPS) is 19.3. The molecule has 174 valence electrons. The van der Waals surface area contributed by atoms with Crippen LogP contribution in [0.1, 0.15) is 25.5 Å². The number of aryl methyl sites for hydroxylation is 2. The van der Waals surface area contributed by atoms with Gasteiger partial charge in [0.2, 0.25) is 5.95 Å². The third-order valence-corrected chi connectivity index (χ3v) is 6.84. The highest BCUT2D eigenvalue weighted by Crippen LogP contribution is 2.30. The maximum absolute atomic E-state index is 14.7. The van der Waals surface area contributed by atoms with Crippen LogP contribution in [0, 0.1) is 5.82 Å². The molecule has 3 aromatic heterocycles. The number of hydrogen-bond donors (Lipinski definition) is 2. The largest absolute Gasteiger partial charge is 0.364 e. The van der Waals surface area contributed by atoms with E-state index in [1.54, 1.807) is 0 Å². The first-order chi connectivity index (χ1) is 16.6. The van der Waals surface area contributed by atoms with E-state index in [0.717, 1.165) is 48.2 Å². The van der Waals surface area contributed by atoms with Crippen molar-refractivity contribution in [1.82, 2.24) is 30.0 Å². The van der Waals surface area contributed by atoms with Gasteiger partial charge in [-0.1, -0.05) is 19.4 Å². The number of pyridine rings is 1. The quantitative estimate of drug-likeness (QED) is 0.455. The molecule has 2 aliphatic rings. The first-order valence-corrected chi connectivity index (χ1v) is 11.8. The fourth-order valence-corrected chi connectivity index (χ4v) is 5.18. The Morgan fingerprint density at radius 3 is 2.82 bits per heavy atom. The number of piperazine rings is 1. The molecule has 0 unspecified atom stereocenters. The fraction of sp³-hybridized carbons (Fsp3) is 0.360. The van der Waals surface area contributed by atoms with Crippen molar-refractivity contribution in [1.29, 1.82) is 0 Å². The lowest BCUT2D eigenvalue weighted by molar-refractivity contribution is 0.580. The highest BCUT2D eigenvalue weighted by molar-refractivity contribution is 5.86. The summed E-state index contributed by atoms with van der Waals surface area (Å²) in [5.41, 5.74) is 4.10. The zero-order valence-electron chi connectivity index (χ0n) is 19.3. The van der Waals surface area contributed by atoms with Crippen LogP contribution < -0.4 is 15.5 Å². The Balaban J connectivity index is 1.26. The molecule has 2 bridgehead atoms. The van der Waals surface area contributed by atoms with Gasteiger partial charge in [-0.25, -0.2) is 19.3 Å². The van der Waals surface area contributed by atoms with E-state index >= 15 is 0 Å². The Labute approximate surface area is 197 Å². The summed E-state index contributed by atoms with van der Waals surface area (Å²) in [4.78, 5) is 15.6. The summed E-state index contributed by atoms with van der Waals surface area (Å²) in [5, 5.41) is 12.2. The lowest BCUT2D eigenvalue weighted by Crippen LogP contribution is -2.43. The smallest absolute Gasteiger partial charge is 0.229 e. The van der Waals surface area contributed by atoms with Crippen molar-refractivity contribution in [2.45, 2.75) is 38.3 Å². The summed E-state index contributed by atoms with van der Waals surface area (Å²) < 4.78 is 16.7. The molecule has 2 atom stereocenters. The number of nitrogens with zero attached hydrogens (tertiary/aromatic N) is 6. The molecule has 0 amide bonds. The number of fused-ring (bicyclic) bond motifs is 3. The van der Waals surface area contributed by atoms with E-state index < -0.39 is 5.82 Å². The SMILES string of the molecule is CCCc1c2cc(-c3nc(Nc4ccc(N5C[C@@H]6C[C@H]5CN6)cn4)ncc3F)ccc2nn1C. The molecule has 34 heavy (non-hydrogen) atoms. The second kappa shape index (κ2) is 8.32. The van der Waals surface area contributed by atoms with Gasteiger partial charge < -0.3 is 15.5 Å². The zero-order chi connectivity index (χ0) is 23.2. The maximum atomic E-state index is 14.7. The Hall–Kier alpha value is -3.59. The number of halogens is 1. The predicted octanol–water partition coefficient (Wildman–Crippen LogP) is 3.81. The van der Waals surface area contributed by atoms with E-state index in [1.807, 2.05) is 42.2 Å². The highest BCUT2D eigenvalue weighted by atomic mass is 19.1. The second-order valence-electron chi connectivity index (χ2n) is 9.12. The first-order valence-electron chi connectivity index (χ1n) is 11.8. The van der Waals surface area contributed by atoms with Crippen molar-refractivity contribution in [3.8, 4) is 11.3 Å². The molecule has 2 N–H and O–H groups in total. The van der Waals surface area contributed by atoms with Crippen LogP contribution in [0.15, 0.2) is 42.7 Å². The second-order valence-corrected chi connectivity index (χ2v) is 9.12. The highest BCUT2D eigenvalue weighted by Gasteiger charge is 2.37. The molecule has 9 heteroatoms. The van der Waals surface area contributed by atoms with Crippen molar-refractivity contribution in [2.24, 2.45) is 7.05 Å². The molecular formula is C25H27FN8. The van der Waals surface area contributed by atoms with Crippen molar-refractivity contribution < 1.29 is 4.39 Å². The van der Waals surface area contributed by atoms with Crippen LogP contribution in [0.3, 0.4) is 0 Å². The van der Waals surface area contributed by atoms with E-state index in [0.29, 0.717) is 29.4 Å². The maximum Gasteiger partial charge on any atom is 0.229 e. The van der Waals surface area contributed by atoms with Crippen LogP contribution in [-0.2, 0) is 13.5 Å². The summed E-state index contributed by atoms with van der Waals surface area (Å²) in [7, 11) is 1.95. The Kier molecular flexibility index (Phi) is 5.13. The molecule has 2 aliphatic heterocycles. The average Bonchev–Trinajstić information content (AvgIpc) is 3.56. The zero-order valence-corrected chi connectivity index (χ0v) is 19.3. The Bertz CT molecular complexity index is 1350. The van der Waals surface area contributed by atoms with Gasteiger partial charge in [0.05, 0.1) is 23.6 Å². The number of benzene rings is 1. The lowest BCUT2D eigenvalue weighted by atomic mass is 10.1. The third-order valence-electron chi connectivity index (χ3n) is 6.84. The molecule has 0 radical (unpaired) electrons. The molecule has 2 fully saturated rings. The van der Waals surface area contributed by atoms with Gasteiger partial charge >= 0.3 is 0 Å². The van der Waals surface area contributed by atoms with Crippen LogP contribution in [0.4, 0.5) is 21.8 Å². The molecule has 6 rings (SSSR count). The van der Waals surface area contributed by atoms with E-state index in [4.69, 9.17) is 0 Å². The number of hydrogen-bond acceptors (Lipinski definition) is 7. The fourth-order valence-electron chi connectivity index (χ4n) is 5.18.